The van der Waals surface area contributed by atoms with Gasteiger partial charge in [-0.15, -0.1) is 0 Å². The lowest BCUT2D eigenvalue weighted by Crippen LogP contribution is -2.17. The van der Waals surface area contributed by atoms with Gasteiger partial charge in [-0.2, -0.15) is 0 Å². The van der Waals surface area contributed by atoms with E-state index < -0.39 is 27.9 Å². The molecule has 1 aromatic carbocycles. The summed E-state index contributed by atoms with van der Waals surface area (Å²) in [7, 11) is 4.28. The molecule has 0 bridgehead atoms. The summed E-state index contributed by atoms with van der Waals surface area (Å²) in [6.45, 7) is 0.530. The fraction of sp³-hybridized carbons (Fsp3) is 0.455. The van der Waals surface area contributed by atoms with Gasteiger partial charge in [-0.05, 0) is 0 Å². The van der Waals surface area contributed by atoms with E-state index in [1.807, 2.05) is 0 Å². The van der Waals surface area contributed by atoms with E-state index in [0.29, 0.717) is 0 Å². The van der Waals surface area contributed by atoms with Gasteiger partial charge in [0.15, 0.2) is 17.3 Å². The van der Waals surface area contributed by atoms with Crippen LogP contribution in [0.4, 0.5) is 25.8 Å². The topological polar surface area (TPSA) is 67.6 Å². The number of ether oxygens (including phenoxy) is 1. The molecule has 0 fully saturated rings. The molecule has 0 aliphatic carbocycles. The SMILES string of the molecule is COCCNc1cc(F)c(F)c(N(C)C)c1[N+](=O)[O-]. The maximum absolute atomic E-state index is 13.7. The van der Waals surface area contributed by atoms with Gasteiger partial charge < -0.3 is 15.0 Å². The number of nitrogens with zero attached hydrogens (tertiary/aromatic N) is 2. The van der Waals surface area contributed by atoms with Crippen molar-refractivity contribution in [3.05, 3.63) is 27.8 Å². The third kappa shape index (κ3) is 3.28. The molecule has 8 heteroatoms. The van der Waals surface area contributed by atoms with Crippen LogP contribution in [0.1, 0.15) is 0 Å². The number of halogens is 2. The smallest absolute Gasteiger partial charge is 0.318 e. The van der Waals surface area contributed by atoms with E-state index in [2.05, 4.69) is 5.32 Å². The first-order chi connectivity index (χ1) is 8.90. The average molecular weight is 275 g/mol. The van der Waals surface area contributed by atoms with Crippen LogP contribution >= 0.6 is 0 Å². The van der Waals surface area contributed by atoms with E-state index in [1.165, 1.54) is 21.2 Å². The van der Waals surface area contributed by atoms with Crippen LogP contribution in [0.3, 0.4) is 0 Å². The van der Waals surface area contributed by atoms with Crippen LogP contribution < -0.4 is 10.2 Å². The van der Waals surface area contributed by atoms with Crippen molar-refractivity contribution in [3.8, 4) is 0 Å². The first-order valence-corrected chi connectivity index (χ1v) is 5.46. The summed E-state index contributed by atoms with van der Waals surface area (Å²) < 4.78 is 31.9. The monoisotopic (exact) mass is 275 g/mol. The van der Waals surface area contributed by atoms with Gasteiger partial charge in [0.25, 0.3) is 0 Å². The minimum absolute atomic E-state index is 0.0790. The number of anilines is 2. The first-order valence-electron chi connectivity index (χ1n) is 5.46. The van der Waals surface area contributed by atoms with Gasteiger partial charge in [0.2, 0.25) is 0 Å². The van der Waals surface area contributed by atoms with Gasteiger partial charge in [0, 0.05) is 33.8 Å². The maximum atomic E-state index is 13.7. The highest BCUT2D eigenvalue weighted by molar-refractivity contribution is 5.77. The van der Waals surface area contributed by atoms with E-state index in [9.17, 15) is 18.9 Å². The molecule has 106 valence electrons. The second-order valence-electron chi connectivity index (χ2n) is 3.99. The van der Waals surface area contributed by atoms with E-state index in [4.69, 9.17) is 4.74 Å². The number of methoxy groups -OCH3 is 1. The first kappa shape index (κ1) is 15.1. The summed E-state index contributed by atoms with van der Waals surface area (Å²) in [5.74, 6) is -2.39. The van der Waals surface area contributed by atoms with Crippen molar-refractivity contribution >= 4 is 17.1 Å². The second-order valence-corrected chi connectivity index (χ2v) is 3.99. The quantitative estimate of drug-likeness (QED) is 0.488. The molecule has 0 unspecified atom stereocenters. The van der Waals surface area contributed by atoms with Crippen molar-refractivity contribution in [1.29, 1.82) is 0 Å². The third-order valence-corrected chi connectivity index (χ3v) is 2.42. The predicted molar refractivity (Wildman–Crippen MR) is 67.7 cm³/mol. The molecule has 19 heavy (non-hydrogen) atoms. The van der Waals surface area contributed by atoms with E-state index in [0.717, 1.165) is 11.0 Å². The van der Waals surface area contributed by atoms with Crippen LogP contribution in [0, 0.1) is 21.7 Å². The average Bonchev–Trinajstić information content (AvgIpc) is 2.32. The predicted octanol–water partition coefficient (Wildman–Crippen LogP) is 2.00. The molecule has 1 aromatic rings. The minimum Gasteiger partial charge on any atom is -0.383 e. The molecule has 6 nitrogen and oxygen atoms in total. The van der Waals surface area contributed by atoms with Gasteiger partial charge in [-0.25, -0.2) is 8.78 Å². The number of nitro groups is 1. The Kier molecular flexibility index (Phi) is 4.99. The molecule has 0 saturated carbocycles. The van der Waals surface area contributed by atoms with Crippen molar-refractivity contribution in [1.82, 2.24) is 0 Å². The summed E-state index contributed by atoms with van der Waals surface area (Å²) in [5.41, 5.74) is -0.977. The standard InChI is InChI=1S/C11H15F2N3O3/c1-15(2)11-9(13)7(12)6-8(10(11)16(17)18)14-4-5-19-3/h6,14H,4-5H2,1-3H3. The minimum atomic E-state index is -1.24. The Labute approximate surface area is 109 Å². The Hall–Kier alpha value is -1.96. The molecule has 0 aromatic heterocycles. The van der Waals surface area contributed by atoms with Gasteiger partial charge in [0.05, 0.1) is 11.5 Å². The van der Waals surface area contributed by atoms with Crippen molar-refractivity contribution < 1.29 is 18.4 Å². The zero-order valence-corrected chi connectivity index (χ0v) is 10.9. The van der Waals surface area contributed by atoms with E-state index in [1.54, 1.807) is 0 Å². The van der Waals surface area contributed by atoms with Crippen molar-refractivity contribution in [3.63, 3.8) is 0 Å². The van der Waals surface area contributed by atoms with Crippen LogP contribution in [0.15, 0.2) is 6.07 Å². The van der Waals surface area contributed by atoms with Crippen LogP contribution in [0.25, 0.3) is 0 Å². The Bertz CT molecular complexity index is 481. The number of hydrogen-bond donors (Lipinski definition) is 1. The number of rotatable bonds is 6. The number of nitro benzene ring substituents is 1. The molecule has 0 saturated heterocycles. The van der Waals surface area contributed by atoms with Gasteiger partial charge in [-0.3, -0.25) is 10.1 Å². The highest BCUT2D eigenvalue weighted by Crippen LogP contribution is 2.38. The van der Waals surface area contributed by atoms with Crippen molar-refractivity contribution in [2.75, 3.05) is 44.6 Å². The molecule has 1 N–H and O–H groups in total. The maximum Gasteiger partial charge on any atom is 0.318 e. The van der Waals surface area contributed by atoms with Crippen LogP contribution in [-0.2, 0) is 4.74 Å². The van der Waals surface area contributed by atoms with Crippen molar-refractivity contribution in [2.24, 2.45) is 0 Å². The van der Waals surface area contributed by atoms with Gasteiger partial charge in [-0.1, -0.05) is 0 Å². The van der Waals surface area contributed by atoms with Crippen LogP contribution in [0.5, 0.6) is 0 Å². The normalized spacial score (nSPS) is 10.4. The zero-order valence-electron chi connectivity index (χ0n) is 10.9. The fourth-order valence-corrected chi connectivity index (χ4v) is 1.62. The Morgan fingerprint density at radius 3 is 2.58 bits per heavy atom. The Balaban J connectivity index is 3.33. The molecule has 0 aliphatic rings. The molecular weight excluding hydrogens is 260 g/mol. The molecule has 0 amide bonds. The van der Waals surface area contributed by atoms with Crippen LogP contribution in [-0.4, -0.2) is 39.3 Å². The Morgan fingerprint density at radius 1 is 1.47 bits per heavy atom. The van der Waals surface area contributed by atoms with Gasteiger partial charge in [0.1, 0.15) is 5.69 Å². The lowest BCUT2D eigenvalue weighted by Gasteiger charge is -2.17. The molecule has 0 radical (unpaired) electrons. The zero-order chi connectivity index (χ0) is 14.6. The van der Waals surface area contributed by atoms with Gasteiger partial charge >= 0.3 is 5.69 Å². The highest BCUT2D eigenvalue weighted by atomic mass is 19.2. The number of hydrogen-bond acceptors (Lipinski definition) is 5. The number of benzene rings is 1. The lowest BCUT2D eigenvalue weighted by molar-refractivity contribution is -0.383. The third-order valence-electron chi connectivity index (χ3n) is 2.42. The molecule has 0 atom stereocenters. The molecule has 0 spiro atoms. The summed E-state index contributed by atoms with van der Waals surface area (Å²) >= 11 is 0. The van der Waals surface area contributed by atoms with Crippen molar-refractivity contribution in [2.45, 2.75) is 0 Å². The molecule has 0 heterocycles. The summed E-state index contributed by atoms with van der Waals surface area (Å²) in [6.07, 6.45) is 0. The second kappa shape index (κ2) is 6.28. The van der Waals surface area contributed by atoms with E-state index in [-0.39, 0.29) is 18.8 Å². The highest BCUT2D eigenvalue weighted by Gasteiger charge is 2.28. The van der Waals surface area contributed by atoms with E-state index >= 15 is 0 Å². The summed E-state index contributed by atoms with van der Waals surface area (Å²) in [4.78, 5) is 11.5. The lowest BCUT2D eigenvalue weighted by atomic mass is 10.2. The molecule has 0 aliphatic heterocycles. The molecular formula is C11H15F2N3O3. The van der Waals surface area contributed by atoms with Crippen LogP contribution in [0.2, 0.25) is 0 Å². The molecule has 1 rings (SSSR count). The number of nitrogens with one attached hydrogen (secondary N) is 1. The largest absolute Gasteiger partial charge is 0.383 e. The summed E-state index contributed by atoms with van der Waals surface area (Å²) in [5, 5.41) is 13.7. The summed E-state index contributed by atoms with van der Waals surface area (Å²) in [6, 6.07) is 0.774. The fourth-order valence-electron chi connectivity index (χ4n) is 1.62. The Morgan fingerprint density at radius 2 is 2.11 bits per heavy atom.